The number of hydrogen-bond donors (Lipinski definition) is 2. The average molecular weight is 273 g/mol. The lowest BCUT2D eigenvalue weighted by atomic mass is 10.1. The van der Waals surface area contributed by atoms with Crippen LogP contribution in [0.2, 0.25) is 0 Å². The number of aromatic nitrogens is 1. The van der Waals surface area contributed by atoms with Crippen molar-refractivity contribution in [1.29, 1.82) is 0 Å². The van der Waals surface area contributed by atoms with E-state index in [9.17, 15) is 10.1 Å². The second-order valence-corrected chi connectivity index (χ2v) is 4.57. The maximum absolute atomic E-state index is 10.8. The first-order valence-electron chi connectivity index (χ1n) is 6.11. The molecule has 104 valence electrons. The Balaban J connectivity index is 2.16. The smallest absolute Gasteiger partial charge is 0.272 e. The van der Waals surface area contributed by atoms with E-state index in [2.05, 4.69) is 10.3 Å². The molecule has 0 fully saturated rings. The van der Waals surface area contributed by atoms with E-state index in [1.54, 1.807) is 31.2 Å². The van der Waals surface area contributed by atoms with Crippen LogP contribution in [0.1, 0.15) is 16.8 Å². The summed E-state index contributed by atoms with van der Waals surface area (Å²) in [6, 6.07) is 6.60. The van der Waals surface area contributed by atoms with E-state index in [1.165, 1.54) is 6.20 Å². The monoisotopic (exact) mass is 273 g/mol. The Morgan fingerprint density at radius 1 is 1.30 bits per heavy atom. The van der Waals surface area contributed by atoms with Gasteiger partial charge in [-0.05, 0) is 37.6 Å². The molecule has 0 atom stereocenters. The molecule has 0 aliphatic rings. The summed E-state index contributed by atoms with van der Waals surface area (Å²) in [6.07, 6.45) is 1.38. The number of anilines is 1. The third-order valence-electron chi connectivity index (χ3n) is 3.01. The first-order chi connectivity index (χ1) is 9.47. The van der Waals surface area contributed by atoms with Gasteiger partial charge < -0.3 is 10.4 Å². The topological polar surface area (TPSA) is 88.3 Å². The molecular formula is C14H15N3O3. The van der Waals surface area contributed by atoms with Crippen LogP contribution in [0.15, 0.2) is 30.5 Å². The fourth-order valence-corrected chi connectivity index (χ4v) is 1.90. The van der Waals surface area contributed by atoms with Crippen LogP contribution in [-0.4, -0.2) is 15.0 Å². The molecule has 0 bridgehead atoms. The number of pyridine rings is 1. The van der Waals surface area contributed by atoms with Gasteiger partial charge in [-0.15, -0.1) is 0 Å². The Morgan fingerprint density at radius 3 is 2.65 bits per heavy atom. The van der Waals surface area contributed by atoms with Crippen LogP contribution < -0.4 is 5.32 Å². The number of aryl methyl sites for hydroxylation is 2. The minimum atomic E-state index is -0.381. The van der Waals surface area contributed by atoms with Crippen LogP contribution in [-0.2, 0) is 6.54 Å². The van der Waals surface area contributed by atoms with Gasteiger partial charge in [-0.3, -0.25) is 15.1 Å². The highest BCUT2D eigenvalue weighted by atomic mass is 16.6. The van der Waals surface area contributed by atoms with Crippen LogP contribution in [0.25, 0.3) is 0 Å². The Labute approximate surface area is 116 Å². The summed E-state index contributed by atoms with van der Waals surface area (Å²) < 4.78 is 0. The van der Waals surface area contributed by atoms with Gasteiger partial charge >= 0.3 is 0 Å². The summed E-state index contributed by atoms with van der Waals surface area (Å²) in [5.74, 6) is 0.121. The van der Waals surface area contributed by atoms with Crippen LogP contribution in [0.3, 0.4) is 0 Å². The molecule has 2 rings (SSSR count). The van der Waals surface area contributed by atoms with Gasteiger partial charge in [0, 0.05) is 17.3 Å². The van der Waals surface area contributed by atoms with Crippen molar-refractivity contribution in [2.45, 2.75) is 20.4 Å². The summed E-state index contributed by atoms with van der Waals surface area (Å²) in [6.45, 7) is 4.01. The Bertz CT molecular complexity index is 639. The van der Waals surface area contributed by atoms with Crippen LogP contribution in [0.4, 0.5) is 11.4 Å². The number of nitro groups is 1. The van der Waals surface area contributed by atoms with Gasteiger partial charge in [0.1, 0.15) is 5.75 Å². The molecule has 0 unspecified atom stereocenters. The molecule has 2 aromatic rings. The summed E-state index contributed by atoms with van der Waals surface area (Å²) in [5.41, 5.74) is 3.15. The van der Waals surface area contributed by atoms with Gasteiger partial charge in [-0.25, -0.2) is 0 Å². The minimum absolute atomic E-state index is 0.121. The first-order valence-corrected chi connectivity index (χ1v) is 6.11. The lowest BCUT2D eigenvalue weighted by molar-refractivity contribution is -0.385. The molecule has 1 aromatic carbocycles. The summed E-state index contributed by atoms with van der Waals surface area (Å²) in [4.78, 5) is 14.5. The molecule has 20 heavy (non-hydrogen) atoms. The summed E-state index contributed by atoms with van der Waals surface area (Å²) in [5, 5.41) is 23.2. The van der Waals surface area contributed by atoms with Gasteiger partial charge in [0.15, 0.2) is 0 Å². The van der Waals surface area contributed by atoms with E-state index < -0.39 is 0 Å². The molecular weight excluding hydrogens is 258 g/mol. The third kappa shape index (κ3) is 3.03. The number of aromatic hydroxyl groups is 1. The zero-order chi connectivity index (χ0) is 14.7. The summed E-state index contributed by atoms with van der Waals surface area (Å²) >= 11 is 0. The molecule has 0 radical (unpaired) electrons. The summed E-state index contributed by atoms with van der Waals surface area (Å²) in [7, 11) is 0. The van der Waals surface area contributed by atoms with Crippen molar-refractivity contribution in [2.24, 2.45) is 0 Å². The third-order valence-corrected chi connectivity index (χ3v) is 3.01. The van der Waals surface area contributed by atoms with E-state index >= 15 is 0 Å². The molecule has 2 N–H and O–H groups in total. The van der Waals surface area contributed by atoms with Gasteiger partial charge in [0.25, 0.3) is 5.69 Å². The number of rotatable bonds is 4. The van der Waals surface area contributed by atoms with E-state index in [1.807, 2.05) is 6.92 Å². The van der Waals surface area contributed by atoms with Gasteiger partial charge in [0.2, 0.25) is 0 Å². The van der Waals surface area contributed by atoms with Crippen molar-refractivity contribution in [1.82, 2.24) is 4.98 Å². The van der Waals surface area contributed by atoms with E-state index in [4.69, 9.17) is 5.11 Å². The largest absolute Gasteiger partial charge is 0.506 e. The van der Waals surface area contributed by atoms with Crippen molar-refractivity contribution in [2.75, 3.05) is 5.32 Å². The highest BCUT2D eigenvalue weighted by Gasteiger charge is 2.13. The van der Waals surface area contributed by atoms with E-state index in [-0.39, 0.29) is 16.4 Å². The van der Waals surface area contributed by atoms with Crippen LogP contribution in [0, 0.1) is 24.0 Å². The van der Waals surface area contributed by atoms with Gasteiger partial charge in [-0.1, -0.05) is 0 Å². The van der Waals surface area contributed by atoms with Gasteiger partial charge in [-0.2, -0.15) is 0 Å². The van der Waals surface area contributed by atoms with Crippen molar-refractivity contribution < 1.29 is 10.0 Å². The fourth-order valence-electron chi connectivity index (χ4n) is 1.90. The number of benzene rings is 1. The molecule has 0 saturated carbocycles. The zero-order valence-electron chi connectivity index (χ0n) is 11.3. The number of nitrogens with zero attached hydrogens (tertiary/aromatic N) is 2. The fraction of sp³-hybridized carbons (Fsp3) is 0.214. The molecule has 0 aliphatic heterocycles. The normalized spacial score (nSPS) is 10.3. The first kappa shape index (κ1) is 13.8. The maximum Gasteiger partial charge on any atom is 0.272 e. The predicted octanol–water partition coefficient (Wildman–Crippen LogP) is 2.92. The minimum Gasteiger partial charge on any atom is -0.506 e. The van der Waals surface area contributed by atoms with E-state index in [0.29, 0.717) is 12.1 Å². The molecule has 0 aliphatic carbocycles. The molecule has 0 spiro atoms. The highest BCUT2D eigenvalue weighted by molar-refractivity contribution is 5.59. The van der Waals surface area contributed by atoms with Crippen molar-refractivity contribution >= 4 is 11.4 Å². The van der Waals surface area contributed by atoms with Crippen molar-refractivity contribution in [3.63, 3.8) is 0 Å². The zero-order valence-corrected chi connectivity index (χ0v) is 11.3. The standard InChI is InChI=1S/C14H15N3O3/c1-9-6-14(17(19)20)10(2)5-13(9)16-7-11-3-4-12(18)8-15-11/h3-6,8,16,18H,7H2,1-2H3. The van der Waals surface area contributed by atoms with Gasteiger partial charge in [0.05, 0.1) is 23.4 Å². The predicted molar refractivity (Wildman–Crippen MR) is 75.8 cm³/mol. The number of hydrogen-bond acceptors (Lipinski definition) is 5. The molecule has 1 aromatic heterocycles. The van der Waals surface area contributed by atoms with Crippen molar-refractivity contribution in [3.8, 4) is 5.75 Å². The number of nitro benzene ring substituents is 1. The molecule has 0 saturated heterocycles. The number of nitrogens with one attached hydrogen (secondary N) is 1. The molecule has 0 amide bonds. The average Bonchev–Trinajstić information content (AvgIpc) is 2.41. The molecule has 6 nitrogen and oxygen atoms in total. The van der Waals surface area contributed by atoms with Crippen molar-refractivity contribution in [3.05, 3.63) is 57.4 Å². The van der Waals surface area contributed by atoms with E-state index in [0.717, 1.165) is 16.9 Å². The Morgan fingerprint density at radius 2 is 2.05 bits per heavy atom. The second kappa shape index (κ2) is 5.56. The second-order valence-electron chi connectivity index (χ2n) is 4.57. The lowest BCUT2D eigenvalue weighted by Gasteiger charge is -2.10. The molecule has 6 heteroatoms. The Kier molecular flexibility index (Phi) is 3.84. The quantitative estimate of drug-likeness (QED) is 0.660. The molecule has 1 heterocycles. The maximum atomic E-state index is 10.8. The Hall–Kier alpha value is -2.63. The lowest BCUT2D eigenvalue weighted by Crippen LogP contribution is -2.04. The SMILES string of the molecule is Cc1cc([N+](=O)[O-])c(C)cc1NCc1ccc(O)cn1. The van der Waals surface area contributed by atoms with Crippen LogP contribution >= 0.6 is 0 Å². The highest BCUT2D eigenvalue weighted by Crippen LogP contribution is 2.26. The van der Waals surface area contributed by atoms with Crippen LogP contribution in [0.5, 0.6) is 5.75 Å².